The summed E-state index contributed by atoms with van der Waals surface area (Å²) in [5.74, 6) is 1.53. The molecule has 0 unspecified atom stereocenters. The molecule has 1 aromatic heterocycles. The number of nitrogens with one attached hydrogen (secondary N) is 1. The summed E-state index contributed by atoms with van der Waals surface area (Å²) in [5.41, 5.74) is -0.859. The van der Waals surface area contributed by atoms with Crippen LogP contribution in [0, 0.1) is 0 Å². The zero-order chi connectivity index (χ0) is 13.7. The van der Waals surface area contributed by atoms with Gasteiger partial charge in [-0.25, -0.2) is 0 Å². The van der Waals surface area contributed by atoms with E-state index in [-0.39, 0.29) is 12.5 Å². The normalized spacial score (nSPS) is 18.2. The van der Waals surface area contributed by atoms with Crippen molar-refractivity contribution in [1.82, 2.24) is 5.32 Å². The number of aliphatic hydroxyl groups is 1. The van der Waals surface area contributed by atoms with Crippen LogP contribution in [-0.4, -0.2) is 42.6 Å². The van der Waals surface area contributed by atoms with Crippen LogP contribution in [0.5, 0.6) is 0 Å². The average Bonchev–Trinajstić information content (AvgIpc) is 2.86. The van der Waals surface area contributed by atoms with Crippen LogP contribution < -0.4 is 5.32 Å². The third kappa shape index (κ3) is 3.99. The molecule has 1 aliphatic heterocycles. The van der Waals surface area contributed by atoms with Gasteiger partial charge in [-0.3, -0.25) is 4.79 Å². The quantitative estimate of drug-likeness (QED) is 0.856. The predicted octanol–water partition coefficient (Wildman–Crippen LogP) is 1.41. The molecule has 1 amide bonds. The first kappa shape index (κ1) is 14.4. The van der Waals surface area contributed by atoms with Gasteiger partial charge in [-0.2, -0.15) is 11.8 Å². The third-order valence-electron chi connectivity index (χ3n) is 3.17. The number of carbonyl (C=O) groups is 1. The van der Waals surface area contributed by atoms with Crippen LogP contribution in [0.3, 0.4) is 0 Å². The smallest absolute Gasteiger partial charge is 0.287 e. The van der Waals surface area contributed by atoms with Gasteiger partial charge < -0.3 is 19.6 Å². The molecule has 2 rings (SSSR count). The minimum atomic E-state index is -0.859. The van der Waals surface area contributed by atoms with E-state index in [0.717, 1.165) is 11.5 Å². The van der Waals surface area contributed by atoms with Gasteiger partial charge in [-0.05, 0) is 18.4 Å². The second-order valence-corrected chi connectivity index (χ2v) is 5.58. The second kappa shape index (κ2) is 6.45. The topological polar surface area (TPSA) is 71.7 Å². The van der Waals surface area contributed by atoms with E-state index in [1.807, 2.05) is 6.26 Å². The summed E-state index contributed by atoms with van der Waals surface area (Å²) in [5, 5.41) is 12.9. The highest BCUT2D eigenvalue weighted by Gasteiger charge is 2.30. The van der Waals surface area contributed by atoms with Gasteiger partial charge in [0.15, 0.2) is 5.76 Å². The maximum absolute atomic E-state index is 11.9. The van der Waals surface area contributed by atoms with Crippen molar-refractivity contribution in [3.05, 3.63) is 23.7 Å². The predicted molar refractivity (Wildman–Crippen MR) is 73.3 cm³/mol. The van der Waals surface area contributed by atoms with E-state index < -0.39 is 5.60 Å². The van der Waals surface area contributed by atoms with Gasteiger partial charge in [-0.15, -0.1) is 0 Å². The number of hydrogen-bond donors (Lipinski definition) is 2. The Morgan fingerprint density at radius 3 is 2.89 bits per heavy atom. The van der Waals surface area contributed by atoms with Gasteiger partial charge in [0.05, 0.1) is 11.4 Å². The largest absolute Gasteiger partial charge is 0.455 e. The summed E-state index contributed by atoms with van der Waals surface area (Å²) < 4.78 is 10.6. The standard InChI is InChI=1S/C13H19NO4S/c1-19-8-10-2-3-11(18-10)12(15)14-9-13(16)4-6-17-7-5-13/h2-3,16H,4-9H2,1H3,(H,14,15). The first-order valence-electron chi connectivity index (χ1n) is 6.29. The van der Waals surface area contributed by atoms with Crippen molar-refractivity contribution < 1.29 is 19.1 Å². The number of amides is 1. The lowest BCUT2D eigenvalue weighted by molar-refractivity contribution is -0.0605. The van der Waals surface area contributed by atoms with Crippen LogP contribution in [0.25, 0.3) is 0 Å². The van der Waals surface area contributed by atoms with Gasteiger partial charge in [0.2, 0.25) is 0 Å². The summed E-state index contributed by atoms with van der Waals surface area (Å²) in [4.78, 5) is 11.9. The monoisotopic (exact) mass is 285 g/mol. The van der Waals surface area contributed by atoms with Crippen molar-refractivity contribution in [3.8, 4) is 0 Å². The van der Waals surface area contributed by atoms with Gasteiger partial charge in [0, 0.05) is 32.6 Å². The number of furan rings is 1. The van der Waals surface area contributed by atoms with E-state index in [1.54, 1.807) is 23.9 Å². The van der Waals surface area contributed by atoms with Crippen LogP contribution in [-0.2, 0) is 10.5 Å². The Morgan fingerprint density at radius 2 is 2.21 bits per heavy atom. The fraction of sp³-hybridized carbons (Fsp3) is 0.615. The summed E-state index contributed by atoms with van der Waals surface area (Å²) in [7, 11) is 0. The maximum atomic E-state index is 11.9. The van der Waals surface area contributed by atoms with Crippen molar-refractivity contribution in [2.45, 2.75) is 24.2 Å². The van der Waals surface area contributed by atoms with Crippen LogP contribution in [0.15, 0.2) is 16.5 Å². The fourth-order valence-corrected chi connectivity index (χ4v) is 2.42. The molecule has 2 heterocycles. The van der Waals surface area contributed by atoms with Gasteiger partial charge in [0.25, 0.3) is 5.91 Å². The van der Waals surface area contributed by atoms with Gasteiger partial charge >= 0.3 is 0 Å². The molecule has 6 heteroatoms. The Morgan fingerprint density at radius 1 is 1.47 bits per heavy atom. The number of carbonyl (C=O) groups excluding carboxylic acids is 1. The lowest BCUT2D eigenvalue weighted by Crippen LogP contribution is -2.46. The molecule has 1 fully saturated rings. The molecule has 5 nitrogen and oxygen atoms in total. The highest BCUT2D eigenvalue weighted by atomic mass is 32.2. The fourth-order valence-electron chi connectivity index (χ4n) is 1.98. The van der Waals surface area contributed by atoms with Crippen LogP contribution in [0.4, 0.5) is 0 Å². The third-order valence-corrected chi connectivity index (χ3v) is 3.75. The molecule has 0 saturated carbocycles. The van der Waals surface area contributed by atoms with E-state index in [4.69, 9.17) is 9.15 Å². The zero-order valence-corrected chi connectivity index (χ0v) is 11.8. The highest BCUT2D eigenvalue weighted by Crippen LogP contribution is 2.19. The molecule has 1 aliphatic rings. The Labute approximate surface area is 116 Å². The molecule has 0 radical (unpaired) electrons. The molecule has 106 valence electrons. The van der Waals surface area contributed by atoms with E-state index in [9.17, 15) is 9.90 Å². The molecular formula is C13H19NO4S. The summed E-state index contributed by atoms with van der Waals surface area (Å²) in [6.45, 7) is 1.30. The van der Waals surface area contributed by atoms with Crippen molar-refractivity contribution in [3.63, 3.8) is 0 Å². The van der Waals surface area contributed by atoms with Gasteiger partial charge in [-0.1, -0.05) is 0 Å². The summed E-state index contributed by atoms with van der Waals surface area (Å²) >= 11 is 1.64. The lowest BCUT2D eigenvalue weighted by atomic mass is 9.94. The lowest BCUT2D eigenvalue weighted by Gasteiger charge is -2.31. The molecule has 1 aromatic rings. The number of rotatable bonds is 5. The average molecular weight is 285 g/mol. The van der Waals surface area contributed by atoms with E-state index in [1.165, 1.54) is 0 Å². The van der Waals surface area contributed by atoms with Crippen molar-refractivity contribution >= 4 is 17.7 Å². The Hall–Kier alpha value is -0.980. The van der Waals surface area contributed by atoms with Gasteiger partial charge in [0.1, 0.15) is 5.76 Å². The van der Waals surface area contributed by atoms with Crippen LogP contribution in [0.2, 0.25) is 0 Å². The minimum Gasteiger partial charge on any atom is -0.455 e. The zero-order valence-electron chi connectivity index (χ0n) is 11.0. The molecule has 0 spiro atoms. The Kier molecular flexibility index (Phi) is 4.90. The molecule has 0 aromatic carbocycles. The Balaban J connectivity index is 1.86. The molecular weight excluding hydrogens is 266 g/mol. The SMILES string of the molecule is CSCc1ccc(C(=O)NCC2(O)CCOCC2)o1. The maximum Gasteiger partial charge on any atom is 0.287 e. The summed E-state index contributed by atoms with van der Waals surface area (Å²) in [6.07, 6.45) is 3.06. The van der Waals surface area contributed by atoms with E-state index >= 15 is 0 Å². The molecule has 0 bridgehead atoms. The Bertz CT molecular complexity index is 426. The first-order valence-corrected chi connectivity index (χ1v) is 7.68. The molecule has 0 aliphatic carbocycles. The summed E-state index contributed by atoms with van der Waals surface area (Å²) in [6, 6.07) is 3.46. The van der Waals surface area contributed by atoms with Crippen molar-refractivity contribution in [1.29, 1.82) is 0 Å². The first-order chi connectivity index (χ1) is 9.13. The molecule has 0 atom stereocenters. The van der Waals surface area contributed by atoms with E-state index in [2.05, 4.69) is 5.32 Å². The molecule has 2 N–H and O–H groups in total. The van der Waals surface area contributed by atoms with E-state index in [0.29, 0.717) is 31.8 Å². The van der Waals surface area contributed by atoms with Crippen molar-refractivity contribution in [2.75, 3.05) is 26.0 Å². The number of hydrogen-bond acceptors (Lipinski definition) is 5. The number of ether oxygens (including phenoxy) is 1. The number of thioether (sulfide) groups is 1. The molecule has 1 saturated heterocycles. The van der Waals surface area contributed by atoms with Crippen LogP contribution in [0.1, 0.15) is 29.2 Å². The molecule has 19 heavy (non-hydrogen) atoms. The highest BCUT2D eigenvalue weighted by molar-refractivity contribution is 7.97. The minimum absolute atomic E-state index is 0.230. The van der Waals surface area contributed by atoms with Crippen molar-refractivity contribution in [2.24, 2.45) is 0 Å². The second-order valence-electron chi connectivity index (χ2n) is 4.72. The van der Waals surface area contributed by atoms with Crippen LogP contribution >= 0.6 is 11.8 Å².